The maximum atomic E-state index is 10.9. The smallest absolute Gasteiger partial charge is 0.342 e. The Morgan fingerprint density at radius 1 is 1.61 bits per heavy atom. The van der Waals surface area contributed by atoms with E-state index in [2.05, 4.69) is 9.72 Å². The number of nitro groups is 1. The van der Waals surface area contributed by atoms with Gasteiger partial charge in [-0.1, -0.05) is 11.8 Å². The number of carbonyl (C=O) groups excluding carboxylic acids is 1. The molecule has 0 aliphatic rings. The summed E-state index contributed by atoms with van der Waals surface area (Å²) in [5.74, 6) is -1.98. The fraction of sp³-hybridized carbons (Fsp3) is 0.222. The van der Waals surface area contributed by atoms with Crippen LogP contribution < -0.4 is 0 Å². The van der Waals surface area contributed by atoms with E-state index in [-0.39, 0.29) is 10.8 Å². The van der Waals surface area contributed by atoms with Gasteiger partial charge in [-0.05, 0) is 6.07 Å². The molecule has 1 heterocycles. The molecule has 0 aromatic carbocycles. The lowest BCUT2D eigenvalue weighted by molar-refractivity contribution is -0.385. The zero-order valence-electron chi connectivity index (χ0n) is 9.15. The third-order valence-corrected chi connectivity index (χ3v) is 2.75. The monoisotopic (exact) mass is 272 g/mol. The Morgan fingerprint density at radius 3 is 2.78 bits per heavy atom. The summed E-state index contributed by atoms with van der Waals surface area (Å²) in [7, 11) is 1.22. The lowest BCUT2D eigenvalue weighted by Crippen LogP contribution is -2.06. The number of thioether (sulfide) groups is 1. The number of aromatic nitrogens is 1. The zero-order valence-corrected chi connectivity index (χ0v) is 9.97. The number of ether oxygens (including phenoxy) is 1. The van der Waals surface area contributed by atoms with Crippen molar-refractivity contribution in [3.8, 4) is 0 Å². The van der Waals surface area contributed by atoms with Gasteiger partial charge in [0.15, 0.2) is 0 Å². The van der Waals surface area contributed by atoms with Crippen LogP contribution in [-0.2, 0) is 9.53 Å². The molecule has 0 spiro atoms. The van der Waals surface area contributed by atoms with Crippen molar-refractivity contribution in [3.63, 3.8) is 0 Å². The zero-order chi connectivity index (χ0) is 13.7. The largest absolute Gasteiger partial charge is 0.477 e. The van der Waals surface area contributed by atoms with Gasteiger partial charge in [0, 0.05) is 0 Å². The van der Waals surface area contributed by atoms with Crippen LogP contribution >= 0.6 is 11.8 Å². The number of nitrogens with zero attached hydrogens (tertiary/aromatic N) is 2. The van der Waals surface area contributed by atoms with Crippen LogP contribution in [0.15, 0.2) is 17.3 Å². The number of esters is 1. The maximum absolute atomic E-state index is 10.9. The van der Waals surface area contributed by atoms with E-state index >= 15 is 0 Å². The first-order valence-electron chi connectivity index (χ1n) is 4.53. The fourth-order valence-electron chi connectivity index (χ4n) is 1.02. The van der Waals surface area contributed by atoms with Gasteiger partial charge in [-0.15, -0.1) is 0 Å². The minimum Gasteiger partial charge on any atom is -0.477 e. The highest BCUT2D eigenvalue weighted by Gasteiger charge is 2.21. The summed E-state index contributed by atoms with van der Waals surface area (Å²) in [6, 6.07) is 1.05. The molecular weight excluding hydrogens is 264 g/mol. The predicted octanol–water partition coefficient (Wildman–Crippen LogP) is 0.953. The van der Waals surface area contributed by atoms with Gasteiger partial charge >= 0.3 is 17.6 Å². The lowest BCUT2D eigenvalue weighted by Gasteiger charge is -2.02. The van der Waals surface area contributed by atoms with E-state index in [1.54, 1.807) is 0 Å². The second-order valence-corrected chi connectivity index (χ2v) is 3.96. The van der Waals surface area contributed by atoms with Gasteiger partial charge in [0.2, 0.25) is 0 Å². The molecule has 0 saturated heterocycles. The second kappa shape index (κ2) is 5.96. The van der Waals surface area contributed by atoms with Crippen molar-refractivity contribution in [2.75, 3.05) is 12.9 Å². The molecule has 0 bridgehead atoms. The Kier molecular flexibility index (Phi) is 4.60. The summed E-state index contributed by atoms with van der Waals surface area (Å²) in [5, 5.41) is 19.6. The first-order valence-corrected chi connectivity index (χ1v) is 5.51. The van der Waals surface area contributed by atoms with Crippen LogP contribution in [0.5, 0.6) is 0 Å². The Morgan fingerprint density at radius 2 is 2.28 bits per heavy atom. The molecule has 0 amide bonds. The fourth-order valence-corrected chi connectivity index (χ4v) is 1.73. The molecule has 0 saturated carbocycles. The highest BCUT2D eigenvalue weighted by Crippen LogP contribution is 2.23. The van der Waals surface area contributed by atoms with E-state index < -0.39 is 28.1 Å². The van der Waals surface area contributed by atoms with Crippen molar-refractivity contribution in [1.82, 2.24) is 4.98 Å². The minimum atomic E-state index is -1.43. The third-order valence-electron chi connectivity index (χ3n) is 1.85. The van der Waals surface area contributed by atoms with Gasteiger partial charge in [-0.2, -0.15) is 0 Å². The molecule has 0 fully saturated rings. The Balaban J connectivity index is 2.97. The molecule has 18 heavy (non-hydrogen) atoms. The van der Waals surface area contributed by atoms with Crippen molar-refractivity contribution in [3.05, 3.63) is 27.9 Å². The summed E-state index contributed by atoms with van der Waals surface area (Å²) >= 11 is 0.934. The first-order chi connectivity index (χ1) is 8.45. The summed E-state index contributed by atoms with van der Waals surface area (Å²) in [6.45, 7) is 0. The van der Waals surface area contributed by atoms with Gasteiger partial charge in [0.05, 0.1) is 22.8 Å². The van der Waals surface area contributed by atoms with E-state index in [1.165, 1.54) is 7.11 Å². The van der Waals surface area contributed by atoms with Crippen molar-refractivity contribution in [2.24, 2.45) is 0 Å². The number of methoxy groups -OCH3 is 1. The minimum absolute atomic E-state index is 0.0552. The molecule has 1 N–H and O–H groups in total. The van der Waals surface area contributed by atoms with Crippen molar-refractivity contribution in [1.29, 1.82) is 0 Å². The van der Waals surface area contributed by atoms with Crippen molar-refractivity contribution < 1.29 is 24.4 Å². The van der Waals surface area contributed by atoms with Gasteiger partial charge in [-0.25, -0.2) is 9.78 Å². The Labute approximate surface area is 105 Å². The molecule has 0 aliphatic heterocycles. The van der Waals surface area contributed by atoms with E-state index in [9.17, 15) is 19.7 Å². The van der Waals surface area contributed by atoms with Crippen LogP contribution in [-0.4, -0.2) is 39.8 Å². The normalized spacial score (nSPS) is 9.83. The lowest BCUT2D eigenvalue weighted by atomic mass is 10.2. The number of pyridine rings is 1. The van der Waals surface area contributed by atoms with Crippen molar-refractivity contribution in [2.45, 2.75) is 5.03 Å². The number of hydrogen-bond acceptors (Lipinski definition) is 7. The highest BCUT2D eigenvalue weighted by molar-refractivity contribution is 7.99. The number of aromatic carboxylic acids is 1. The number of rotatable bonds is 5. The molecule has 96 valence electrons. The van der Waals surface area contributed by atoms with E-state index in [0.717, 1.165) is 24.0 Å². The number of carboxylic acids is 1. The van der Waals surface area contributed by atoms with Crippen molar-refractivity contribution >= 4 is 29.4 Å². The first kappa shape index (κ1) is 13.9. The molecule has 9 heteroatoms. The molecule has 0 radical (unpaired) electrons. The molecule has 1 aromatic rings. The molecule has 0 aliphatic carbocycles. The second-order valence-electron chi connectivity index (χ2n) is 2.97. The maximum Gasteiger partial charge on any atom is 0.342 e. The van der Waals surface area contributed by atoms with Crippen LogP contribution in [0.25, 0.3) is 0 Å². The van der Waals surface area contributed by atoms with Crippen LogP contribution in [0, 0.1) is 10.1 Å². The molecule has 0 atom stereocenters. The summed E-state index contributed by atoms with van der Waals surface area (Å²) in [5.41, 5.74) is -1.06. The summed E-state index contributed by atoms with van der Waals surface area (Å²) in [4.78, 5) is 35.2. The van der Waals surface area contributed by atoms with E-state index in [4.69, 9.17) is 5.11 Å². The summed E-state index contributed by atoms with van der Waals surface area (Å²) in [6.07, 6.45) is 0.850. The van der Waals surface area contributed by atoms with Crippen LogP contribution in [0.2, 0.25) is 0 Å². The highest BCUT2D eigenvalue weighted by atomic mass is 32.2. The van der Waals surface area contributed by atoms with Crippen LogP contribution in [0.1, 0.15) is 10.4 Å². The Bertz CT molecular complexity index is 504. The van der Waals surface area contributed by atoms with E-state index in [1.807, 2.05) is 0 Å². The number of carbonyl (C=O) groups is 2. The van der Waals surface area contributed by atoms with E-state index in [0.29, 0.717) is 0 Å². The SMILES string of the molecule is COC(=O)CSc1cc(C(=O)O)c([N+](=O)[O-])cn1. The number of hydrogen-bond donors (Lipinski definition) is 1. The average Bonchev–Trinajstić information content (AvgIpc) is 2.35. The Hall–Kier alpha value is -2.16. The van der Waals surface area contributed by atoms with Crippen LogP contribution in [0.3, 0.4) is 0 Å². The van der Waals surface area contributed by atoms with Gasteiger partial charge in [-0.3, -0.25) is 14.9 Å². The van der Waals surface area contributed by atoms with Gasteiger partial charge in [0.25, 0.3) is 0 Å². The predicted molar refractivity (Wildman–Crippen MR) is 60.6 cm³/mol. The molecular formula is C9H8N2O6S. The molecule has 1 aromatic heterocycles. The third kappa shape index (κ3) is 3.42. The van der Waals surface area contributed by atoms with Gasteiger partial charge < -0.3 is 9.84 Å². The molecule has 0 unspecified atom stereocenters. The quantitative estimate of drug-likeness (QED) is 0.364. The van der Waals surface area contributed by atoms with Gasteiger partial charge in [0.1, 0.15) is 11.8 Å². The number of carboxylic acid groups (broad SMARTS) is 1. The average molecular weight is 272 g/mol. The topological polar surface area (TPSA) is 120 Å². The summed E-state index contributed by atoms with van der Waals surface area (Å²) < 4.78 is 4.40. The molecule has 8 nitrogen and oxygen atoms in total. The standard InChI is InChI=1S/C9H8N2O6S/c1-17-8(12)4-18-7-2-5(9(13)14)6(3-10-7)11(15)16/h2-3H,4H2,1H3,(H,13,14). The molecule has 1 rings (SSSR count). The van der Waals surface area contributed by atoms with Crippen LogP contribution in [0.4, 0.5) is 5.69 Å².